The molecule has 0 bridgehead atoms. The zero-order valence-electron chi connectivity index (χ0n) is 12.6. The molecule has 1 atom stereocenters. The summed E-state index contributed by atoms with van der Waals surface area (Å²) in [5, 5.41) is 2.83. The third-order valence-electron chi connectivity index (χ3n) is 4.41. The van der Waals surface area contributed by atoms with E-state index >= 15 is 0 Å². The van der Waals surface area contributed by atoms with Crippen molar-refractivity contribution in [3.8, 4) is 0 Å². The molecule has 1 aliphatic heterocycles. The summed E-state index contributed by atoms with van der Waals surface area (Å²) in [6, 6.07) is 6.57. The maximum atomic E-state index is 13.5. The maximum absolute atomic E-state index is 13.5. The molecule has 2 amide bonds. The van der Waals surface area contributed by atoms with E-state index in [2.05, 4.69) is 5.32 Å². The smallest absolute Gasteiger partial charge is 0.225 e. The summed E-state index contributed by atoms with van der Waals surface area (Å²) in [5.41, 5.74) is 0.598. The van der Waals surface area contributed by atoms with Crippen molar-refractivity contribution in [2.45, 2.75) is 25.7 Å². The minimum Gasteiger partial charge on any atom is -0.355 e. The van der Waals surface area contributed by atoms with E-state index in [-0.39, 0.29) is 23.5 Å². The van der Waals surface area contributed by atoms with E-state index in [0.717, 1.165) is 6.54 Å². The standard InChI is InChI=1S/C17H21FN2O2/c18-15-4-2-1-3-13(15)7-8-19-17(22)14-9-16(21)20(11-14)10-12-5-6-12/h1-4,12,14H,5-11H2,(H,19,22)/t14-/m0/s1. The predicted octanol–water partition coefficient (Wildman–Crippen LogP) is 1.74. The molecule has 2 aliphatic rings. The average Bonchev–Trinajstić information content (AvgIpc) is 3.24. The molecule has 1 aromatic rings. The fraction of sp³-hybridized carbons (Fsp3) is 0.529. The van der Waals surface area contributed by atoms with Crippen LogP contribution in [0.5, 0.6) is 0 Å². The van der Waals surface area contributed by atoms with Gasteiger partial charge in [-0.05, 0) is 36.8 Å². The normalized spacial score (nSPS) is 21.2. The number of halogens is 1. The highest BCUT2D eigenvalue weighted by Gasteiger charge is 2.36. The van der Waals surface area contributed by atoms with E-state index in [1.807, 2.05) is 4.90 Å². The molecule has 0 radical (unpaired) electrons. The van der Waals surface area contributed by atoms with Gasteiger partial charge in [-0.25, -0.2) is 4.39 Å². The Kier molecular flexibility index (Phi) is 4.41. The third kappa shape index (κ3) is 3.64. The lowest BCUT2D eigenvalue weighted by Gasteiger charge is -2.16. The summed E-state index contributed by atoms with van der Waals surface area (Å²) >= 11 is 0. The largest absolute Gasteiger partial charge is 0.355 e. The summed E-state index contributed by atoms with van der Waals surface area (Å²) in [7, 11) is 0. The van der Waals surface area contributed by atoms with Gasteiger partial charge in [0.25, 0.3) is 0 Å². The van der Waals surface area contributed by atoms with Gasteiger partial charge in [-0.15, -0.1) is 0 Å². The lowest BCUT2D eigenvalue weighted by molar-refractivity contribution is -0.129. The van der Waals surface area contributed by atoms with Crippen molar-refractivity contribution in [2.75, 3.05) is 19.6 Å². The highest BCUT2D eigenvalue weighted by Crippen LogP contribution is 2.31. The average molecular weight is 304 g/mol. The van der Waals surface area contributed by atoms with Crippen LogP contribution in [-0.4, -0.2) is 36.3 Å². The third-order valence-corrected chi connectivity index (χ3v) is 4.41. The summed E-state index contributed by atoms with van der Waals surface area (Å²) < 4.78 is 13.5. The minimum absolute atomic E-state index is 0.0844. The van der Waals surface area contributed by atoms with Crippen LogP contribution in [0.2, 0.25) is 0 Å². The molecule has 1 saturated heterocycles. The zero-order chi connectivity index (χ0) is 15.5. The summed E-state index contributed by atoms with van der Waals surface area (Å²) in [6.07, 6.45) is 3.16. The molecule has 3 rings (SSSR count). The Morgan fingerprint density at radius 1 is 1.32 bits per heavy atom. The van der Waals surface area contributed by atoms with E-state index in [9.17, 15) is 14.0 Å². The molecule has 118 valence electrons. The zero-order valence-corrected chi connectivity index (χ0v) is 12.6. The number of hydrogen-bond donors (Lipinski definition) is 1. The topological polar surface area (TPSA) is 49.4 Å². The fourth-order valence-corrected chi connectivity index (χ4v) is 2.90. The molecule has 0 aromatic heterocycles. The van der Waals surface area contributed by atoms with E-state index in [4.69, 9.17) is 0 Å². The van der Waals surface area contributed by atoms with Crippen molar-refractivity contribution >= 4 is 11.8 Å². The van der Waals surface area contributed by atoms with E-state index < -0.39 is 0 Å². The highest BCUT2D eigenvalue weighted by molar-refractivity contribution is 5.89. The molecule has 1 saturated carbocycles. The van der Waals surface area contributed by atoms with Crippen LogP contribution in [0, 0.1) is 17.7 Å². The van der Waals surface area contributed by atoms with Gasteiger partial charge in [0.15, 0.2) is 0 Å². The molecule has 2 fully saturated rings. The highest BCUT2D eigenvalue weighted by atomic mass is 19.1. The summed E-state index contributed by atoms with van der Waals surface area (Å²) in [6.45, 7) is 1.73. The van der Waals surface area contributed by atoms with Crippen LogP contribution in [0.1, 0.15) is 24.8 Å². The molecule has 1 aliphatic carbocycles. The number of rotatable bonds is 6. The van der Waals surface area contributed by atoms with Gasteiger partial charge in [0.1, 0.15) is 5.82 Å². The molecule has 1 aromatic carbocycles. The number of benzene rings is 1. The van der Waals surface area contributed by atoms with E-state index in [0.29, 0.717) is 37.4 Å². The van der Waals surface area contributed by atoms with Gasteiger partial charge in [0, 0.05) is 26.1 Å². The SMILES string of the molecule is O=C(NCCc1ccccc1F)[C@H]1CC(=O)N(CC2CC2)C1. The molecule has 4 nitrogen and oxygen atoms in total. The molecule has 0 spiro atoms. The second-order valence-electron chi connectivity index (χ2n) is 6.28. The van der Waals surface area contributed by atoms with Crippen LogP contribution in [0.25, 0.3) is 0 Å². The van der Waals surface area contributed by atoms with Crippen LogP contribution in [-0.2, 0) is 16.0 Å². The van der Waals surface area contributed by atoms with Crippen molar-refractivity contribution in [3.63, 3.8) is 0 Å². The fourth-order valence-electron chi connectivity index (χ4n) is 2.90. The predicted molar refractivity (Wildman–Crippen MR) is 80.5 cm³/mol. The number of nitrogens with one attached hydrogen (secondary N) is 1. The molecule has 5 heteroatoms. The van der Waals surface area contributed by atoms with Crippen molar-refractivity contribution < 1.29 is 14.0 Å². The first kappa shape index (κ1) is 15.0. The number of amides is 2. The number of likely N-dealkylation sites (tertiary alicyclic amines) is 1. The van der Waals surface area contributed by atoms with Crippen molar-refractivity contribution in [1.82, 2.24) is 10.2 Å². The van der Waals surface area contributed by atoms with E-state index in [1.165, 1.54) is 18.9 Å². The van der Waals surface area contributed by atoms with Gasteiger partial charge in [-0.1, -0.05) is 18.2 Å². The van der Waals surface area contributed by atoms with Gasteiger partial charge >= 0.3 is 0 Å². The quantitative estimate of drug-likeness (QED) is 0.870. The van der Waals surface area contributed by atoms with Gasteiger partial charge in [0.05, 0.1) is 5.92 Å². The van der Waals surface area contributed by atoms with Crippen LogP contribution >= 0.6 is 0 Å². The van der Waals surface area contributed by atoms with E-state index in [1.54, 1.807) is 18.2 Å². The van der Waals surface area contributed by atoms with Crippen LogP contribution in [0.3, 0.4) is 0 Å². The summed E-state index contributed by atoms with van der Waals surface area (Å²) in [5.74, 6) is 0.131. The van der Waals surface area contributed by atoms with Gasteiger partial charge in [0.2, 0.25) is 11.8 Å². The monoisotopic (exact) mass is 304 g/mol. The van der Waals surface area contributed by atoms with Crippen molar-refractivity contribution in [3.05, 3.63) is 35.6 Å². The lowest BCUT2D eigenvalue weighted by Crippen LogP contribution is -2.34. The second-order valence-corrected chi connectivity index (χ2v) is 6.28. The number of nitrogens with zero attached hydrogens (tertiary/aromatic N) is 1. The Balaban J connectivity index is 1.44. The van der Waals surface area contributed by atoms with Crippen LogP contribution in [0.15, 0.2) is 24.3 Å². The Hall–Kier alpha value is -1.91. The lowest BCUT2D eigenvalue weighted by atomic mass is 10.1. The number of carbonyl (C=O) groups excluding carboxylic acids is 2. The second kappa shape index (κ2) is 6.46. The van der Waals surface area contributed by atoms with Crippen molar-refractivity contribution in [1.29, 1.82) is 0 Å². The Morgan fingerprint density at radius 3 is 2.82 bits per heavy atom. The minimum atomic E-state index is -0.258. The molecular weight excluding hydrogens is 283 g/mol. The summed E-state index contributed by atoms with van der Waals surface area (Å²) in [4.78, 5) is 25.8. The maximum Gasteiger partial charge on any atom is 0.225 e. The number of carbonyl (C=O) groups is 2. The van der Waals surface area contributed by atoms with Crippen LogP contribution < -0.4 is 5.32 Å². The van der Waals surface area contributed by atoms with Gasteiger partial charge in [-0.2, -0.15) is 0 Å². The van der Waals surface area contributed by atoms with Gasteiger partial charge < -0.3 is 10.2 Å². The van der Waals surface area contributed by atoms with Crippen molar-refractivity contribution in [2.24, 2.45) is 11.8 Å². The molecule has 1 N–H and O–H groups in total. The van der Waals surface area contributed by atoms with Crippen LogP contribution in [0.4, 0.5) is 4.39 Å². The van der Waals surface area contributed by atoms with Gasteiger partial charge in [-0.3, -0.25) is 9.59 Å². The number of hydrogen-bond acceptors (Lipinski definition) is 2. The first-order valence-electron chi connectivity index (χ1n) is 7.92. The molecule has 1 heterocycles. The molecular formula is C17H21FN2O2. The Bertz CT molecular complexity index is 572. The Morgan fingerprint density at radius 2 is 2.09 bits per heavy atom. The molecule has 0 unspecified atom stereocenters. The Labute approximate surface area is 129 Å². The molecule has 22 heavy (non-hydrogen) atoms. The first-order chi connectivity index (χ1) is 10.6. The first-order valence-corrected chi connectivity index (χ1v) is 7.92.